The first-order valence-electron chi connectivity index (χ1n) is 7.00. The van der Waals surface area contributed by atoms with Crippen LogP contribution in [-0.4, -0.2) is 22.8 Å². The van der Waals surface area contributed by atoms with Crippen molar-refractivity contribution in [3.63, 3.8) is 0 Å². The van der Waals surface area contributed by atoms with E-state index in [0.717, 1.165) is 31.0 Å². The van der Waals surface area contributed by atoms with Gasteiger partial charge >= 0.3 is 0 Å². The van der Waals surface area contributed by atoms with E-state index in [9.17, 15) is 0 Å². The van der Waals surface area contributed by atoms with Crippen molar-refractivity contribution >= 4 is 0 Å². The Morgan fingerprint density at radius 2 is 2.00 bits per heavy atom. The Kier molecular flexibility index (Phi) is 3.60. The number of aryl methyl sites for hydroxylation is 1. The minimum atomic E-state index is 0.615. The van der Waals surface area contributed by atoms with Crippen LogP contribution in [0.15, 0.2) is 28.7 Å². The molecule has 1 N–H and O–H groups in total. The van der Waals surface area contributed by atoms with E-state index < -0.39 is 0 Å². The van der Waals surface area contributed by atoms with Crippen LogP contribution in [0.25, 0.3) is 11.5 Å². The van der Waals surface area contributed by atoms with E-state index in [0.29, 0.717) is 11.8 Å². The van der Waals surface area contributed by atoms with Gasteiger partial charge in [-0.3, -0.25) is 0 Å². The Balaban J connectivity index is 1.61. The maximum atomic E-state index is 5.68. The van der Waals surface area contributed by atoms with Gasteiger partial charge in [-0.15, -0.1) is 10.2 Å². The third-order valence-electron chi connectivity index (χ3n) is 3.43. The number of rotatable bonds is 6. The minimum absolute atomic E-state index is 0.615. The Morgan fingerprint density at radius 3 is 2.68 bits per heavy atom. The van der Waals surface area contributed by atoms with Gasteiger partial charge in [-0.25, -0.2) is 0 Å². The van der Waals surface area contributed by atoms with Crippen LogP contribution >= 0.6 is 0 Å². The molecule has 3 rings (SSSR count). The Labute approximate surface area is 113 Å². The van der Waals surface area contributed by atoms with Crippen LogP contribution in [0.1, 0.15) is 31.2 Å². The topological polar surface area (TPSA) is 51.0 Å². The van der Waals surface area contributed by atoms with E-state index >= 15 is 0 Å². The van der Waals surface area contributed by atoms with Gasteiger partial charge in [0, 0.05) is 24.6 Å². The molecule has 1 aromatic heterocycles. The molecule has 1 fully saturated rings. The first kappa shape index (κ1) is 12.4. The molecule has 100 valence electrons. The zero-order valence-corrected chi connectivity index (χ0v) is 11.2. The molecule has 1 aliphatic rings. The first-order chi connectivity index (χ1) is 9.35. The fraction of sp³-hybridized carbons (Fsp3) is 0.467. The highest BCUT2D eigenvalue weighted by atomic mass is 16.4. The fourth-order valence-electron chi connectivity index (χ4n) is 2.02. The van der Waals surface area contributed by atoms with Crippen molar-refractivity contribution in [2.24, 2.45) is 0 Å². The van der Waals surface area contributed by atoms with Crippen molar-refractivity contribution in [2.45, 2.75) is 38.6 Å². The molecule has 1 heterocycles. The molecular weight excluding hydrogens is 238 g/mol. The second-order valence-corrected chi connectivity index (χ2v) is 5.03. The Hall–Kier alpha value is -1.68. The van der Waals surface area contributed by atoms with Crippen molar-refractivity contribution in [1.82, 2.24) is 15.5 Å². The number of hydrogen-bond donors (Lipinski definition) is 1. The van der Waals surface area contributed by atoms with Gasteiger partial charge in [-0.05, 0) is 37.0 Å². The second kappa shape index (κ2) is 5.53. The van der Waals surface area contributed by atoms with E-state index in [-0.39, 0.29) is 0 Å². The summed E-state index contributed by atoms with van der Waals surface area (Å²) in [5, 5.41) is 11.6. The molecule has 0 amide bonds. The van der Waals surface area contributed by atoms with E-state index in [4.69, 9.17) is 4.42 Å². The molecule has 4 heteroatoms. The molecule has 19 heavy (non-hydrogen) atoms. The normalized spacial score (nSPS) is 14.8. The zero-order valence-electron chi connectivity index (χ0n) is 11.2. The van der Waals surface area contributed by atoms with Gasteiger partial charge in [-0.2, -0.15) is 0 Å². The molecule has 0 radical (unpaired) electrons. The van der Waals surface area contributed by atoms with Gasteiger partial charge in [-0.1, -0.05) is 19.1 Å². The molecule has 1 saturated carbocycles. The number of hydrogen-bond acceptors (Lipinski definition) is 4. The lowest BCUT2D eigenvalue weighted by Crippen LogP contribution is -2.19. The summed E-state index contributed by atoms with van der Waals surface area (Å²) in [7, 11) is 0. The molecular formula is C15H19N3O. The standard InChI is InChI=1S/C15H19N3O/c1-2-11-3-5-12(6-4-11)15-18-17-14(19-15)9-10-16-13-7-8-13/h3-6,13,16H,2,7-10H2,1H3. The van der Waals surface area contributed by atoms with Gasteiger partial charge in [0.15, 0.2) is 0 Å². The first-order valence-corrected chi connectivity index (χ1v) is 7.00. The van der Waals surface area contributed by atoms with Crippen LogP contribution in [0.2, 0.25) is 0 Å². The summed E-state index contributed by atoms with van der Waals surface area (Å²) in [5.41, 5.74) is 2.31. The zero-order chi connectivity index (χ0) is 13.1. The summed E-state index contributed by atoms with van der Waals surface area (Å²) < 4.78 is 5.68. The van der Waals surface area contributed by atoms with Crippen molar-refractivity contribution in [1.29, 1.82) is 0 Å². The maximum absolute atomic E-state index is 5.68. The van der Waals surface area contributed by atoms with Crippen LogP contribution in [0.4, 0.5) is 0 Å². The van der Waals surface area contributed by atoms with E-state index in [1.54, 1.807) is 0 Å². The molecule has 0 atom stereocenters. The maximum Gasteiger partial charge on any atom is 0.247 e. The van der Waals surface area contributed by atoms with Gasteiger partial charge in [0.1, 0.15) is 0 Å². The van der Waals surface area contributed by atoms with Gasteiger partial charge < -0.3 is 9.73 Å². The van der Waals surface area contributed by atoms with Crippen molar-refractivity contribution < 1.29 is 4.42 Å². The molecule has 1 aromatic carbocycles. The molecule has 0 bridgehead atoms. The van der Waals surface area contributed by atoms with Crippen LogP contribution in [0, 0.1) is 0 Å². The molecule has 0 saturated heterocycles. The third kappa shape index (κ3) is 3.20. The predicted octanol–water partition coefficient (Wildman–Crippen LogP) is 2.59. The second-order valence-electron chi connectivity index (χ2n) is 5.03. The summed E-state index contributed by atoms with van der Waals surface area (Å²) in [6.07, 6.45) is 4.45. The summed E-state index contributed by atoms with van der Waals surface area (Å²) in [6.45, 7) is 3.06. The molecule has 4 nitrogen and oxygen atoms in total. The third-order valence-corrected chi connectivity index (χ3v) is 3.43. The predicted molar refractivity (Wildman–Crippen MR) is 73.8 cm³/mol. The molecule has 2 aromatic rings. The lowest BCUT2D eigenvalue weighted by molar-refractivity contribution is 0.494. The van der Waals surface area contributed by atoms with Crippen LogP contribution in [0.3, 0.4) is 0 Å². The molecule has 1 aliphatic carbocycles. The molecule has 0 spiro atoms. The largest absolute Gasteiger partial charge is 0.421 e. The van der Waals surface area contributed by atoms with E-state index in [1.807, 2.05) is 12.1 Å². The number of benzene rings is 1. The number of nitrogens with one attached hydrogen (secondary N) is 1. The monoisotopic (exact) mass is 257 g/mol. The van der Waals surface area contributed by atoms with Gasteiger partial charge in [0.25, 0.3) is 0 Å². The summed E-state index contributed by atoms with van der Waals surface area (Å²) in [5.74, 6) is 1.33. The van der Waals surface area contributed by atoms with Crippen LogP contribution in [-0.2, 0) is 12.8 Å². The molecule has 0 unspecified atom stereocenters. The summed E-state index contributed by atoms with van der Waals surface area (Å²) in [6, 6.07) is 9.02. The highest BCUT2D eigenvalue weighted by molar-refractivity contribution is 5.52. The lowest BCUT2D eigenvalue weighted by atomic mass is 10.1. The van der Waals surface area contributed by atoms with Crippen molar-refractivity contribution in [3.05, 3.63) is 35.7 Å². The minimum Gasteiger partial charge on any atom is -0.421 e. The Morgan fingerprint density at radius 1 is 1.21 bits per heavy atom. The van der Waals surface area contributed by atoms with E-state index in [1.165, 1.54) is 18.4 Å². The highest BCUT2D eigenvalue weighted by Gasteiger charge is 2.20. The summed E-state index contributed by atoms with van der Waals surface area (Å²) in [4.78, 5) is 0. The fourth-order valence-corrected chi connectivity index (χ4v) is 2.02. The van der Waals surface area contributed by atoms with E-state index in [2.05, 4.69) is 34.6 Å². The average Bonchev–Trinajstić information content (AvgIpc) is 3.15. The number of nitrogens with zero attached hydrogens (tertiary/aromatic N) is 2. The Bertz CT molecular complexity index is 529. The molecule has 0 aliphatic heterocycles. The smallest absolute Gasteiger partial charge is 0.247 e. The van der Waals surface area contributed by atoms with Crippen LogP contribution < -0.4 is 5.32 Å². The van der Waals surface area contributed by atoms with Gasteiger partial charge in [0.2, 0.25) is 11.8 Å². The SMILES string of the molecule is CCc1ccc(-c2nnc(CCNC3CC3)o2)cc1. The number of aromatic nitrogens is 2. The lowest BCUT2D eigenvalue weighted by Gasteiger charge is -1.99. The quantitative estimate of drug-likeness (QED) is 0.864. The van der Waals surface area contributed by atoms with Crippen molar-refractivity contribution in [2.75, 3.05) is 6.54 Å². The summed E-state index contributed by atoms with van der Waals surface area (Å²) >= 11 is 0. The average molecular weight is 257 g/mol. The van der Waals surface area contributed by atoms with Gasteiger partial charge in [0.05, 0.1) is 0 Å². The highest BCUT2D eigenvalue weighted by Crippen LogP contribution is 2.20. The van der Waals surface area contributed by atoms with Crippen molar-refractivity contribution in [3.8, 4) is 11.5 Å². The van der Waals surface area contributed by atoms with Crippen LogP contribution in [0.5, 0.6) is 0 Å².